The molecule has 0 radical (unpaired) electrons. The number of carbonyl (C=O) groups is 1. The summed E-state index contributed by atoms with van der Waals surface area (Å²) in [7, 11) is 0. The lowest BCUT2D eigenvalue weighted by molar-refractivity contribution is 0.0977. The average molecular weight is 386 g/mol. The van der Waals surface area contributed by atoms with Gasteiger partial charge in [-0.2, -0.15) is 0 Å². The molecule has 2 aromatic carbocycles. The summed E-state index contributed by atoms with van der Waals surface area (Å²) in [5.74, 6) is 0.570. The number of amides is 1. The summed E-state index contributed by atoms with van der Waals surface area (Å²) < 4.78 is 6.49. The number of carbonyl (C=O) groups excluding carboxylic acids is 1. The number of hydrogen-bond donors (Lipinski definition) is 2. The van der Waals surface area contributed by atoms with Crippen molar-refractivity contribution in [3.63, 3.8) is 0 Å². The Bertz CT molecular complexity index is 982. The summed E-state index contributed by atoms with van der Waals surface area (Å²) in [6.45, 7) is 6.46. The van der Waals surface area contributed by atoms with Crippen molar-refractivity contribution in [2.24, 2.45) is 0 Å². The number of thiocarbonyl (C=S) groups is 1. The fourth-order valence-corrected chi connectivity index (χ4v) is 3.73. The first-order valence-corrected chi connectivity index (χ1v) is 9.41. The molecule has 2 N–H and O–H groups in total. The Morgan fingerprint density at radius 3 is 2.77 bits per heavy atom. The van der Waals surface area contributed by atoms with E-state index in [0.717, 1.165) is 27.1 Å². The number of rotatable bonds is 4. The molecule has 1 amide bonds. The summed E-state index contributed by atoms with van der Waals surface area (Å²) in [5, 5.41) is 6.53. The zero-order valence-corrected chi connectivity index (χ0v) is 16.4. The van der Waals surface area contributed by atoms with Crippen molar-refractivity contribution in [1.82, 2.24) is 10.3 Å². The molecule has 0 saturated heterocycles. The van der Waals surface area contributed by atoms with Crippen molar-refractivity contribution in [3.05, 3.63) is 53.1 Å². The van der Waals surface area contributed by atoms with Gasteiger partial charge in [0, 0.05) is 5.56 Å². The van der Waals surface area contributed by atoms with Gasteiger partial charge in [-0.1, -0.05) is 29.0 Å². The van der Waals surface area contributed by atoms with Crippen molar-refractivity contribution in [1.29, 1.82) is 0 Å². The van der Waals surface area contributed by atoms with Gasteiger partial charge in [0.1, 0.15) is 5.75 Å². The van der Waals surface area contributed by atoms with Crippen LogP contribution in [-0.2, 0) is 0 Å². The second-order valence-corrected chi connectivity index (χ2v) is 7.25. The van der Waals surface area contributed by atoms with Gasteiger partial charge >= 0.3 is 0 Å². The van der Waals surface area contributed by atoms with Gasteiger partial charge in [0.25, 0.3) is 5.91 Å². The third kappa shape index (κ3) is 4.17. The van der Waals surface area contributed by atoms with Crippen LogP contribution in [0.1, 0.15) is 28.4 Å². The maximum Gasteiger partial charge on any atom is 0.257 e. The molecule has 134 valence electrons. The predicted molar refractivity (Wildman–Crippen MR) is 110 cm³/mol. The molecule has 0 aliphatic carbocycles. The molecule has 7 heteroatoms. The van der Waals surface area contributed by atoms with E-state index >= 15 is 0 Å². The van der Waals surface area contributed by atoms with Crippen LogP contribution in [-0.4, -0.2) is 22.6 Å². The molecule has 0 aliphatic rings. The molecular weight excluding hydrogens is 366 g/mol. The van der Waals surface area contributed by atoms with Crippen molar-refractivity contribution in [2.45, 2.75) is 20.8 Å². The first-order valence-electron chi connectivity index (χ1n) is 8.19. The number of nitrogens with zero attached hydrogens (tertiary/aromatic N) is 1. The maximum atomic E-state index is 12.4. The normalized spacial score (nSPS) is 10.6. The number of fused-ring (bicyclic) bond motifs is 1. The standard InChI is InChI=1S/C19H19N3O2S2/c1-4-24-13-6-8-15-16(10-13)26-19(20-15)22-18(25)21-17(23)14-7-5-11(2)9-12(14)3/h5-10H,4H2,1-3H3,(H2,20,21,22,23,25). The van der Waals surface area contributed by atoms with Crippen LogP contribution in [0.3, 0.4) is 0 Å². The number of benzene rings is 2. The quantitative estimate of drug-likeness (QED) is 0.650. The van der Waals surface area contributed by atoms with Gasteiger partial charge in [-0.3, -0.25) is 10.1 Å². The van der Waals surface area contributed by atoms with Gasteiger partial charge in [-0.05, 0) is 62.8 Å². The van der Waals surface area contributed by atoms with Gasteiger partial charge in [0.05, 0.1) is 16.8 Å². The molecule has 1 aromatic heterocycles. The van der Waals surface area contributed by atoms with Crippen LogP contribution in [0, 0.1) is 13.8 Å². The first kappa shape index (κ1) is 18.3. The second-order valence-electron chi connectivity index (χ2n) is 5.81. The third-order valence-corrected chi connectivity index (χ3v) is 4.88. The molecule has 3 aromatic rings. The van der Waals surface area contributed by atoms with Crippen LogP contribution in [0.2, 0.25) is 0 Å². The van der Waals surface area contributed by atoms with E-state index in [-0.39, 0.29) is 11.0 Å². The van der Waals surface area contributed by atoms with Crippen LogP contribution in [0.5, 0.6) is 5.75 Å². The molecule has 26 heavy (non-hydrogen) atoms. The van der Waals surface area contributed by atoms with Gasteiger partial charge < -0.3 is 10.1 Å². The molecule has 0 bridgehead atoms. The zero-order valence-electron chi connectivity index (χ0n) is 14.8. The van der Waals surface area contributed by atoms with Gasteiger partial charge in [-0.25, -0.2) is 4.98 Å². The maximum absolute atomic E-state index is 12.4. The van der Waals surface area contributed by atoms with Crippen molar-refractivity contribution < 1.29 is 9.53 Å². The molecule has 1 heterocycles. The third-order valence-electron chi connectivity index (χ3n) is 3.74. The highest BCUT2D eigenvalue weighted by Gasteiger charge is 2.12. The molecule has 3 rings (SSSR count). The Hall–Kier alpha value is -2.51. The Morgan fingerprint density at radius 2 is 2.04 bits per heavy atom. The molecule has 0 atom stereocenters. The van der Waals surface area contributed by atoms with E-state index in [1.165, 1.54) is 11.3 Å². The van der Waals surface area contributed by atoms with Crippen LogP contribution in [0.15, 0.2) is 36.4 Å². The molecule has 0 unspecified atom stereocenters. The number of nitrogens with one attached hydrogen (secondary N) is 2. The van der Waals surface area contributed by atoms with Crippen LogP contribution in [0.25, 0.3) is 10.2 Å². The van der Waals surface area contributed by atoms with E-state index in [0.29, 0.717) is 17.3 Å². The number of aryl methyl sites for hydroxylation is 2. The fourth-order valence-electron chi connectivity index (χ4n) is 2.58. The Kier molecular flexibility index (Phi) is 5.49. The van der Waals surface area contributed by atoms with Crippen LogP contribution in [0.4, 0.5) is 5.13 Å². The van der Waals surface area contributed by atoms with Crippen molar-refractivity contribution in [2.75, 3.05) is 11.9 Å². The van der Waals surface area contributed by atoms with Crippen LogP contribution >= 0.6 is 23.6 Å². The molecular formula is C19H19N3O2S2. The highest BCUT2D eigenvalue weighted by atomic mass is 32.1. The lowest BCUT2D eigenvalue weighted by Crippen LogP contribution is -2.34. The van der Waals surface area contributed by atoms with Gasteiger partial charge in [0.2, 0.25) is 0 Å². The lowest BCUT2D eigenvalue weighted by atomic mass is 10.1. The topological polar surface area (TPSA) is 63.2 Å². The van der Waals surface area contributed by atoms with E-state index in [1.54, 1.807) is 6.07 Å². The lowest BCUT2D eigenvalue weighted by Gasteiger charge is -2.09. The summed E-state index contributed by atoms with van der Waals surface area (Å²) >= 11 is 6.70. The Morgan fingerprint density at radius 1 is 1.23 bits per heavy atom. The number of anilines is 1. The SMILES string of the molecule is CCOc1ccc2nc(NC(=S)NC(=O)c3ccc(C)cc3C)sc2c1. The van der Waals surface area contributed by atoms with E-state index in [9.17, 15) is 4.79 Å². The van der Waals surface area contributed by atoms with Crippen molar-refractivity contribution >= 4 is 49.9 Å². The average Bonchev–Trinajstić information content (AvgIpc) is 2.96. The summed E-state index contributed by atoms with van der Waals surface area (Å²) in [6, 6.07) is 11.4. The molecule has 0 aliphatic heterocycles. The molecule has 0 fully saturated rings. The summed E-state index contributed by atoms with van der Waals surface area (Å²) in [6.07, 6.45) is 0. The highest BCUT2D eigenvalue weighted by molar-refractivity contribution is 7.80. The molecule has 5 nitrogen and oxygen atoms in total. The Labute approximate surface area is 161 Å². The Balaban J connectivity index is 1.69. The van der Waals surface area contributed by atoms with E-state index < -0.39 is 0 Å². The highest BCUT2D eigenvalue weighted by Crippen LogP contribution is 2.29. The summed E-state index contributed by atoms with van der Waals surface area (Å²) in [5.41, 5.74) is 3.48. The monoisotopic (exact) mass is 385 g/mol. The largest absolute Gasteiger partial charge is 0.494 e. The second kappa shape index (κ2) is 7.80. The summed E-state index contributed by atoms with van der Waals surface area (Å²) in [4.78, 5) is 16.9. The minimum absolute atomic E-state index is 0.221. The molecule has 0 spiro atoms. The van der Waals surface area contributed by atoms with E-state index in [4.69, 9.17) is 17.0 Å². The minimum atomic E-state index is -0.236. The number of thiazole rings is 1. The smallest absolute Gasteiger partial charge is 0.257 e. The van der Waals surface area contributed by atoms with Crippen molar-refractivity contribution in [3.8, 4) is 5.75 Å². The van der Waals surface area contributed by atoms with E-state index in [2.05, 4.69) is 15.6 Å². The number of aromatic nitrogens is 1. The molecule has 0 saturated carbocycles. The fraction of sp³-hybridized carbons (Fsp3) is 0.211. The van der Waals surface area contributed by atoms with E-state index in [1.807, 2.05) is 51.1 Å². The van der Waals surface area contributed by atoms with Crippen LogP contribution < -0.4 is 15.4 Å². The van der Waals surface area contributed by atoms with Gasteiger partial charge in [-0.15, -0.1) is 0 Å². The van der Waals surface area contributed by atoms with Gasteiger partial charge in [0.15, 0.2) is 10.2 Å². The minimum Gasteiger partial charge on any atom is -0.494 e. The predicted octanol–water partition coefficient (Wildman–Crippen LogP) is 4.44. The first-order chi connectivity index (χ1) is 12.5. The number of hydrogen-bond acceptors (Lipinski definition) is 5. The number of ether oxygens (including phenoxy) is 1. The zero-order chi connectivity index (χ0) is 18.7.